The maximum Gasteiger partial charge on any atom is 0.303 e. The molecule has 0 radical (unpaired) electrons. The molecule has 0 bridgehead atoms. The lowest BCUT2D eigenvalue weighted by Crippen LogP contribution is -2.63. The second kappa shape index (κ2) is 19.6. The molecular formula is C30H53N5O6. The number of carbonyl (C=O) groups is 5. The summed E-state index contributed by atoms with van der Waals surface area (Å²) in [4.78, 5) is 65.0. The van der Waals surface area contributed by atoms with Gasteiger partial charge < -0.3 is 31.3 Å². The van der Waals surface area contributed by atoms with E-state index < -0.39 is 18.1 Å². The first-order valence-electron chi connectivity index (χ1n) is 15.7. The van der Waals surface area contributed by atoms with Gasteiger partial charge in [-0.3, -0.25) is 24.0 Å². The Labute approximate surface area is 245 Å². The predicted octanol–water partition coefficient (Wildman–Crippen LogP) is 2.21. The fourth-order valence-corrected chi connectivity index (χ4v) is 5.78. The summed E-state index contributed by atoms with van der Waals surface area (Å²) in [5.41, 5.74) is 5.63. The van der Waals surface area contributed by atoms with Gasteiger partial charge in [-0.1, -0.05) is 38.5 Å². The number of nitrogens with one attached hydrogen (secondary N) is 2. The number of piperazine rings is 1. The van der Waals surface area contributed by atoms with Gasteiger partial charge in [0.25, 0.3) is 0 Å². The molecule has 2 aliphatic heterocycles. The Kier molecular flexibility index (Phi) is 16.5. The number of Topliss-reactive ketones (excluding diaryl/α,β-unsaturated/α-hetero) is 1. The summed E-state index contributed by atoms with van der Waals surface area (Å²) in [5.74, 6) is -1.28. The zero-order valence-electron chi connectivity index (χ0n) is 25.0. The molecule has 0 aromatic heterocycles. The second-order valence-electron chi connectivity index (χ2n) is 11.6. The van der Waals surface area contributed by atoms with E-state index in [9.17, 15) is 24.0 Å². The summed E-state index contributed by atoms with van der Waals surface area (Å²) in [6.07, 6.45) is 12.7. The van der Waals surface area contributed by atoms with Crippen molar-refractivity contribution < 1.29 is 29.1 Å². The van der Waals surface area contributed by atoms with E-state index in [0.717, 1.165) is 77.3 Å². The first kappa shape index (κ1) is 34.7. The van der Waals surface area contributed by atoms with Crippen LogP contribution in [0, 0.1) is 5.92 Å². The molecule has 11 nitrogen and oxygen atoms in total. The molecule has 0 spiro atoms. The average Bonchev–Trinajstić information content (AvgIpc) is 2.96. The number of carboxylic acid groups (broad SMARTS) is 1. The SMILES string of the molecule is CN1C(=O)CN([C@@H](CCCCN)C(=O)NCCCCCCCCCCC(=O)C2CCNCC2)C(=O)[C@@H]1CCC(=O)O. The van der Waals surface area contributed by atoms with Crippen molar-refractivity contribution >= 4 is 29.5 Å². The first-order chi connectivity index (χ1) is 19.8. The van der Waals surface area contributed by atoms with Crippen LogP contribution in [0.15, 0.2) is 0 Å². The fourth-order valence-electron chi connectivity index (χ4n) is 5.78. The van der Waals surface area contributed by atoms with Crippen LogP contribution in [-0.4, -0.2) is 96.2 Å². The van der Waals surface area contributed by atoms with Crippen molar-refractivity contribution in [2.45, 2.75) is 115 Å². The molecule has 0 aromatic carbocycles. The Morgan fingerprint density at radius 3 is 2.22 bits per heavy atom. The molecule has 0 aliphatic carbocycles. The van der Waals surface area contributed by atoms with Crippen LogP contribution in [-0.2, 0) is 24.0 Å². The molecule has 2 fully saturated rings. The highest BCUT2D eigenvalue weighted by atomic mass is 16.4. The molecule has 2 aliphatic rings. The van der Waals surface area contributed by atoms with Crippen LogP contribution in [0.25, 0.3) is 0 Å². The zero-order chi connectivity index (χ0) is 30.0. The number of hydrogen-bond donors (Lipinski definition) is 4. The van der Waals surface area contributed by atoms with Crippen molar-refractivity contribution in [1.29, 1.82) is 0 Å². The van der Waals surface area contributed by atoms with Gasteiger partial charge in [0.05, 0.1) is 0 Å². The van der Waals surface area contributed by atoms with E-state index in [2.05, 4.69) is 10.6 Å². The highest BCUT2D eigenvalue weighted by molar-refractivity contribution is 5.98. The Morgan fingerprint density at radius 1 is 0.951 bits per heavy atom. The third-order valence-corrected chi connectivity index (χ3v) is 8.42. The topological polar surface area (TPSA) is 162 Å². The van der Waals surface area contributed by atoms with Crippen molar-refractivity contribution in [3.05, 3.63) is 0 Å². The molecule has 2 rings (SSSR count). The molecule has 41 heavy (non-hydrogen) atoms. The zero-order valence-corrected chi connectivity index (χ0v) is 25.0. The second-order valence-corrected chi connectivity index (χ2v) is 11.6. The van der Waals surface area contributed by atoms with E-state index in [1.807, 2.05) is 0 Å². The molecule has 11 heteroatoms. The summed E-state index contributed by atoms with van der Waals surface area (Å²) >= 11 is 0. The highest BCUT2D eigenvalue weighted by Crippen LogP contribution is 2.21. The minimum absolute atomic E-state index is 0.0144. The number of nitrogens with two attached hydrogens (primary N) is 1. The van der Waals surface area contributed by atoms with Gasteiger partial charge >= 0.3 is 5.97 Å². The fraction of sp³-hybridized carbons (Fsp3) is 0.833. The number of ketones is 1. The van der Waals surface area contributed by atoms with Gasteiger partial charge in [0.1, 0.15) is 24.4 Å². The molecule has 0 unspecified atom stereocenters. The van der Waals surface area contributed by atoms with Gasteiger partial charge in [0.2, 0.25) is 17.7 Å². The molecular weight excluding hydrogens is 526 g/mol. The van der Waals surface area contributed by atoms with Crippen LogP contribution in [0.3, 0.4) is 0 Å². The summed E-state index contributed by atoms with van der Waals surface area (Å²) in [6.45, 7) is 2.71. The minimum Gasteiger partial charge on any atom is -0.481 e. The van der Waals surface area contributed by atoms with Gasteiger partial charge in [-0.05, 0) is 71.0 Å². The Morgan fingerprint density at radius 2 is 1.59 bits per heavy atom. The van der Waals surface area contributed by atoms with Crippen molar-refractivity contribution in [1.82, 2.24) is 20.4 Å². The van der Waals surface area contributed by atoms with Crippen LogP contribution >= 0.6 is 0 Å². The number of amides is 3. The standard InChI is InChI=1S/C30H53N5O6/c1-34-25(14-15-28(38)39)30(41)35(22-27(34)37)24(12-9-10-18-31)29(40)33-19-11-7-5-3-2-4-6-8-13-26(36)23-16-20-32-21-17-23/h23-25,32H,2-22,31H2,1H3,(H,33,40)(H,38,39)/t24-,25-/m0/s1. The molecule has 2 atom stereocenters. The van der Waals surface area contributed by atoms with Crippen LogP contribution in [0.5, 0.6) is 0 Å². The normalized spacial score (nSPS) is 18.9. The molecule has 234 valence electrons. The van der Waals surface area contributed by atoms with E-state index in [0.29, 0.717) is 44.6 Å². The number of hydrogen-bond acceptors (Lipinski definition) is 7. The van der Waals surface area contributed by atoms with Gasteiger partial charge in [0.15, 0.2) is 0 Å². The number of carbonyl (C=O) groups excluding carboxylic acids is 4. The number of aliphatic carboxylic acids is 1. The van der Waals surface area contributed by atoms with Crippen molar-refractivity contribution in [3.8, 4) is 0 Å². The summed E-state index contributed by atoms with van der Waals surface area (Å²) in [6, 6.07) is -1.66. The number of carboxylic acids is 1. The van der Waals surface area contributed by atoms with Crippen LogP contribution in [0.2, 0.25) is 0 Å². The number of rotatable bonds is 21. The Hall–Kier alpha value is -2.53. The average molecular weight is 580 g/mol. The van der Waals surface area contributed by atoms with Crippen molar-refractivity contribution in [2.24, 2.45) is 11.7 Å². The van der Waals surface area contributed by atoms with Crippen LogP contribution < -0.4 is 16.4 Å². The number of nitrogens with zero attached hydrogens (tertiary/aromatic N) is 2. The summed E-state index contributed by atoms with van der Waals surface area (Å²) in [5, 5.41) is 15.3. The smallest absolute Gasteiger partial charge is 0.303 e. The van der Waals surface area contributed by atoms with E-state index >= 15 is 0 Å². The third-order valence-electron chi connectivity index (χ3n) is 8.42. The predicted molar refractivity (Wildman–Crippen MR) is 157 cm³/mol. The first-order valence-corrected chi connectivity index (χ1v) is 15.7. The van der Waals surface area contributed by atoms with E-state index in [4.69, 9.17) is 10.8 Å². The van der Waals surface area contributed by atoms with Crippen molar-refractivity contribution in [2.75, 3.05) is 39.8 Å². The molecule has 0 saturated carbocycles. The largest absolute Gasteiger partial charge is 0.481 e. The van der Waals surface area contributed by atoms with Crippen LogP contribution in [0.1, 0.15) is 103 Å². The molecule has 2 saturated heterocycles. The quantitative estimate of drug-likeness (QED) is 0.151. The highest BCUT2D eigenvalue weighted by Gasteiger charge is 2.42. The van der Waals surface area contributed by atoms with E-state index in [1.54, 1.807) is 0 Å². The maximum atomic E-state index is 13.2. The molecule has 3 amide bonds. The lowest BCUT2D eigenvalue weighted by Gasteiger charge is -2.41. The lowest BCUT2D eigenvalue weighted by molar-refractivity contribution is -0.159. The van der Waals surface area contributed by atoms with Gasteiger partial charge in [-0.15, -0.1) is 0 Å². The summed E-state index contributed by atoms with van der Waals surface area (Å²) < 4.78 is 0. The Bertz CT molecular complexity index is 847. The maximum absolute atomic E-state index is 13.2. The summed E-state index contributed by atoms with van der Waals surface area (Å²) in [7, 11) is 1.50. The van der Waals surface area contributed by atoms with E-state index in [1.165, 1.54) is 16.8 Å². The van der Waals surface area contributed by atoms with Crippen LogP contribution in [0.4, 0.5) is 0 Å². The lowest BCUT2D eigenvalue weighted by atomic mass is 9.90. The van der Waals surface area contributed by atoms with Gasteiger partial charge in [-0.25, -0.2) is 0 Å². The minimum atomic E-state index is -1.03. The van der Waals surface area contributed by atoms with Gasteiger partial charge in [0, 0.05) is 32.4 Å². The number of unbranched alkanes of at least 4 members (excludes halogenated alkanes) is 8. The third kappa shape index (κ3) is 12.5. The van der Waals surface area contributed by atoms with E-state index in [-0.39, 0.29) is 43.0 Å². The van der Waals surface area contributed by atoms with Gasteiger partial charge in [-0.2, -0.15) is 0 Å². The Balaban J connectivity index is 1.67. The molecule has 0 aromatic rings. The molecule has 2 heterocycles. The number of piperidine rings is 1. The molecule has 5 N–H and O–H groups in total. The number of likely N-dealkylation sites (N-methyl/N-ethyl adjacent to an activating group) is 1. The monoisotopic (exact) mass is 579 g/mol. The van der Waals surface area contributed by atoms with Crippen molar-refractivity contribution in [3.63, 3.8) is 0 Å².